The molecule has 0 aliphatic carbocycles. The maximum absolute atomic E-state index is 12.0. The van der Waals surface area contributed by atoms with Crippen molar-refractivity contribution >= 4 is 43.6 Å². The number of anilines is 1. The molecule has 1 aliphatic rings. The maximum Gasteiger partial charge on any atom is 0.319 e. The standard InChI is InChI=1S/C16H23Br2N3O/c1-2-7-21-8-5-12(6-9-21)11-19-16(22)20-15-10-13(17)3-4-14(15)18/h3-4,10,12H,2,5-9,11H2,1H3,(H2,19,20,22). The first kappa shape index (κ1) is 17.8. The van der Waals surface area contributed by atoms with E-state index in [0.717, 1.165) is 34.3 Å². The Hall–Kier alpha value is -0.590. The van der Waals surface area contributed by atoms with Crippen LogP contribution in [0, 0.1) is 5.92 Å². The summed E-state index contributed by atoms with van der Waals surface area (Å²) in [6.45, 7) is 6.46. The Morgan fingerprint density at radius 3 is 2.73 bits per heavy atom. The smallest absolute Gasteiger partial charge is 0.319 e. The van der Waals surface area contributed by atoms with Gasteiger partial charge in [0, 0.05) is 15.5 Å². The SMILES string of the molecule is CCCN1CCC(CNC(=O)Nc2cc(Br)ccc2Br)CC1. The number of rotatable bonds is 5. The molecule has 0 saturated carbocycles. The van der Waals surface area contributed by atoms with Crippen LogP contribution < -0.4 is 10.6 Å². The second-order valence-corrected chi connectivity index (χ2v) is 7.51. The average molecular weight is 433 g/mol. The van der Waals surface area contributed by atoms with Gasteiger partial charge in [-0.3, -0.25) is 0 Å². The van der Waals surface area contributed by atoms with Crippen LogP contribution in [0.5, 0.6) is 0 Å². The molecule has 0 unspecified atom stereocenters. The second-order valence-electron chi connectivity index (χ2n) is 5.74. The van der Waals surface area contributed by atoms with Gasteiger partial charge in [0.05, 0.1) is 5.69 Å². The minimum absolute atomic E-state index is 0.144. The normalized spacial score (nSPS) is 16.5. The fraction of sp³-hybridized carbons (Fsp3) is 0.562. The summed E-state index contributed by atoms with van der Waals surface area (Å²) in [7, 11) is 0. The van der Waals surface area contributed by atoms with E-state index in [4.69, 9.17) is 0 Å². The molecule has 0 bridgehead atoms. The quantitative estimate of drug-likeness (QED) is 0.721. The third-order valence-electron chi connectivity index (χ3n) is 3.97. The van der Waals surface area contributed by atoms with Crippen molar-refractivity contribution in [1.82, 2.24) is 10.2 Å². The van der Waals surface area contributed by atoms with E-state index in [1.54, 1.807) is 0 Å². The van der Waals surface area contributed by atoms with Gasteiger partial charge in [-0.15, -0.1) is 0 Å². The van der Waals surface area contributed by atoms with Crippen molar-refractivity contribution in [2.75, 3.05) is 31.5 Å². The molecule has 0 atom stereocenters. The van der Waals surface area contributed by atoms with Crippen molar-refractivity contribution in [3.8, 4) is 0 Å². The molecule has 4 nitrogen and oxygen atoms in total. The van der Waals surface area contributed by atoms with Gasteiger partial charge in [-0.05, 0) is 78.9 Å². The van der Waals surface area contributed by atoms with Gasteiger partial charge in [-0.2, -0.15) is 0 Å². The zero-order valence-corrected chi connectivity index (χ0v) is 16.0. The molecule has 1 fully saturated rings. The number of amides is 2. The number of carbonyl (C=O) groups excluding carboxylic acids is 1. The lowest BCUT2D eigenvalue weighted by Crippen LogP contribution is -2.40. The van der Waals surface area contributed by atoms with Gasteiger partial charge in [0.25, 0.3) is 0 Å². The molecule has 1 saturated heterocycles. The molecule has 22 heavy (non-hydrogen) atoms. The van der Waals surface area contributed by atoms with E-state index in [-0.39, 0.29) is 6.03 Å². The minimum atomic E-state index is -0.144. The third-order valence-corrected chi connectivity index (χ3v) is 5.16. The zero-order valence-electron chi connectivity index (χ0n) is 12.9. The maximum atomic E-state index is 12.0. The van der Waals surface area contributed by atoms with E-state index >= 15 is 0 Å². The van der Waals surface area contributed by atoms with Gasteiger partial charge in [0.2, 0.25) is 0 Å². The summed E-state index contributed by atoms with van der Waals surface area (Å²) < 4.78 is 1.81. The predicted octanol–water partition coefficient (Wildman–Crippen LogP) is 4.46. The van der Waals surface area contributed by atoms with Crippen LogP contribution in [0.15, 0.2) is 27.1 Å². The highest BCUT2D eigenvalue weighted by Gasteiger charge is 2.19. The summed E-state index contributed by atoms with van der Waals surface area (Å²) in [6.07, 6.45) is 3.55. The molecule has 0 aromatic heterocycles. The summed E-state index contributed by atoms with van der Waals surface area (Å²) >= 11 is 6.85. The molecule has 1 aromatic rings. The van der Waals surface area contributed by atoms with Crippen LogP contribution in [0.3, 0.4) is 0 Å². The molecule has 2 rings (SSSR count). The van der Waals surface area contributed by atoms with Crippen LogP contribution in [0.25, 0.3) is 0 Å². The number of hydrogen-bond acceptors (Lipinski definition) is 2. The number of benzene rings is 1. The number of carbonyl (C=O) groups is 1. The summed E-state index contributed by atoms with van der Waals surface area (Å²) in [5, 5.41) is 5.87. The van der Waals surface area contributed by atoms with E-state index in [9.17, 15) is 4.79 Å². The highest BCUT2D eigenvalue weighted by molar-refractivity contribution is 9.11. The summed E-state index contributed by atoms with van der Waals surface area (Å²) in [5.41, 5.74) is 0.768. The summed E-state index contributed by atoms with van der Waals surface area (Å²) in [4.78, 5) is 14.5. The second kappa shape index (κ2) is 8.89. The Kier molecular flexibility index (Phi) is 7.18. The van der Waals surface area contributed by atoms with Gasteiger partial charge < -0.3 is 15.5 Å². The molecular formula is C16H23Br2N3O. The molecule has 2 N–H and O–H groups in total. The number of piperidine rings is 1. The molecule has 1 aliphatic heterocycles. The van der Waals surface area contributed by atoms with Crippen LogP contribution in [-0.4, -0.2) is 37.1 Å². The van der Waals surface area contributed by atoms with E-state index < -0.39 is 0 Å². The van der Waals surface area contributed by atoms with Gasteiger partial charge >= 0.3 is 6.03 Å². The monoisotopic (exact) mass is 431 g/mol. The molecular weight excluding hydrogens is 410 g/mol. The lowest BCUT2D eigenvalue weighted by Gasteiger charge is -2.31. The van der Waals surface area contributed by atoms with Crippen molar-refractivity contribution < 1.29 is 4.79 Å². The molecule has 1 aromatic carbocycles. The third kappa shape index (κ3) is 5.56. The number of likely N-dealkylation sites (tertiary alicyclic amines) is 1. The van der Waals surface area contributed by atoms with Crippen molar-refractivity contribution in [2.45, 2.75) is 26.2 Å². The topological polar surface area (TPSA) is 44.4 Å². The van der Waals surface area contributed by atoms with Gasteiger partial charge in [-0.1, -0.05) is 22.9 Å². The van der Waals surface area contributed by atoms with E-state index in [2.05, 4.69) is 54.3 Å². The lowest BCUT2D eigenvalue weighted by molar-refractivity contribution is 0.182. The largest absolute Gasteiger partial charge is 0.338 e. The van der Waals surface area contributed by atoms with Crippen molar-refractivity contribution in [1.29, 1.82) is 0 Å². The molecule has 2 amide bonds. The lowest BCUT2D eigenvalue weighted by atomic mass is 9.97. The van der Waals surface area contributed by atoms with E-state index in [1.807, 2.05) is 18.2 Å². The first-order chi connectivity index (χ1) is 10.6. The summed E-state index contributed by atoms with van der Waals surface area (Å²) in [6, 6.07) is 5.57. The fourth-order valence-corrected chi connectivity index (χ4v) is 3.43. The Balaban J connectivity index is 1.73. The van der Waals surface area contributed by atoms with Crippen LogP contribution in [0.4, 0.5) is 10.5 Å². The molecule has 1 heterocycles. The van der Waals surface area contributed by atoms with Crippen LogP contribution in [-0.2, 0) is 0 Å². The number of nitrogens with one attached hydrogen (secondary N) is 2. The van der Waals surface area contributed by atoms with Crippen LogP contribution >= 0.6 is 31.9 Å². The highest BCUT2D eigenvalue weighted by atomic mass is 79.9. The van der Waals surface area contributed by atoms with E-state index in [1.165, 1.54) is 25.8 Å². The fourth-order valence-electron chi connectivity index (χ4n) is 2.73. The van der Waals surface area contributed by atoms with E-state index in [0.29, 0.717) is 5.92 Å². The van der Waals surface area contributed by atoms with Crippen LogP contribution in [0.2, 0.25) is 0 Å². The molecule has 122 valence electrons. The number of halogens is 2. The number of hydrogen-bond donors (Lipinski definition) is 2. The Morgan fingerprint density at radius 1 is 1.32 bits per heavy atom. The van der Waals surface area contributed by atoms with Gasteiger partial charge in [-0.25, -0.2) is 4.79 Å². The number of nitrogens with zero attached hydrogens (tertiary/aromatic N) is 1. The Morgan fingerprint density at radius 2 is 2.05 bits per heavy atom. The zero-order chi connectivity index (χ0) is 15.9. The molecule has 6 heteroatoms. The van der Waals surface area contributed by atoms with Crippen molar-refractivity contribution in [2.24, 2.45) is 5.92 Å². The van der Waals surface area contributed by atoms with Crippen molar-refractivity contribution in [3.05, 3.63) is 27.1 Å². The average Bonchev–Trinajstić information content (AvgIpc) is 2.51. The Bertz CT molecular complexity index is 502. The minimum Gasteiger partial charge on any atom is -0.338 e. The van der Waals surface area contributed by atoms with Crippen LogP contribution in [0.1, 0.15) is 26.2 Å². The molecule has 0 spiro atoms. The number of urea groups is 1. The summed E-state index contributed by atoms with van der Waals surface area (Å²) in [5.74, 6) is 0.588. The van der Waals surface area contributed by atoms with Crippen molar-refractivity contribution in [3.63, 3.8) is 0 Å². The first-order valence-electron chi connectivity index (χ1n) is 7.80. The molecule has 0 radical (unpaired) electrons. The predicted molar refractivity (Wildman–Crippen MR) is 98.3 cm³/mol. The van der Waals surface area contributed by atoms with Gasteiger partial charge in [0.15, 0.2) is 0 Å². The Labute approximate surface area is 149 Å². The van der Waals surface area contributed by atoms with Gasteiger partial charge in [0.1, 0.15) is 0 Å². The first-order valence-corrected chi connectivity index (χ1v) is 9.39. The highest BCUT2D eigenvalue weighted by Crippen LogP contribution is 2.26.